The second kappa shape index (κ2) is 4.47. The number of halogens is 1. The Morgan fingerprint density at radius 3 is 2.76 bits per heavy atom. The van der Waals surface area contributed by atoms with Gasteiger partial charge >= 0.3 is 0 Å². The number of nitrogens with zero attached hydrogens (tertiary/aromatic N) is 1. The Labute approximate surface area is 101 Å². The van der Waals surface area contributed by atoms with Crippen LogP contribution in [-0.2, 0) is 11.2 Å². The van der Waals surface area contributed by atoms with Crippen LogP contribution in [0.1, 0.15) is 31.4 Å². The predicted octanol–water partition coefficient (Wildman–Crippen LogP) is 3.07. The van der Waals surface area contributed by atoms with Crippen molar-refractivity contribution in [1.82, 2.24) is 0 Å². The molecule has 1 heterocycles. The molecule has 3 heteroatoms. The van der Waals surface area contributed by atoms with Crippen LogP contribution >= 0.6 is 0 Å². The summed E-state index contributed by atoms with van der Waals surface area (Å²) in [6.45, 7) is 6.21. The molecular weight excluding hydrogens is 217 g/mol. The minimum atomic E-state index is -0.270. The number of benzene rings is 1. The average molecular weight is 235 g/mol. The average Bonchev–Trinajstić information content (AvgIpc) is 2.26. The van der Waals surface area contributed by atoms with E-state index in [4.69, 9.17) is 0 Å². The number of aryl methyl sites for hydroxylation is 2. The van der Waals surface area contributed by atoms with Crippen LogP contribution in [0, 0.1) is 18.7 Å². The Morgan fingerprint density at radius 1 is 1.41 bits per heavy atom. The van der Waals surface area contributed by atoms with Crippen molar-refractivity contribution in [1.29, 1.82) is 0 Å². The Morgan fingerprint density at radius 2 is 2.12 bits per heavy atom. The summed E-state index contributed by atoms with van der Waals surface area (Å²) in [6, 6.07) is 3.49. The Kier molecular flexibility index (Phi) is 3.18. The summed E-state index contributed by atoms with van der Waals surface area (Å²) < 4.78 is 14.0. The quantitative estimate of drug-likeness (QED) is 0.732. The molecule has 0 saturated carbocycles. The fraction of sp³-hybridized carbons (Fsp3) is 0.500. The summed E-state index contributed by atoms with van der Waals surface area (Å²) in [5.41, 5.74) is 2.38. The van der Waals surface area contributed by atoms with Gasteiger partial charge in [-0.15, -0.1) is 0 Å². The molecule has 1 aromatic rings. The predicted molar refractivity (Wildman–Crippen MR) is 66.6 cm³/mol. The molecule has 0 aromatic heterocycles. The summed E-state index contributed by atoms with van der Waals surface area (Å²) >= 11 is 0. The molecule has 0 atom stereocenters. The van der Waals surface area contributed by atoms with Gasteiger partial charge in [0.1, 0.15) is 5.82 Å². The molecule has 0 N–H and O–H groups in total. The highest BCUT2D eigenvalue weighted by Crippen LogP contribution is 2.32. The molecule has 0 radical (unpaired) electrons. The zero-order valence-electron chi connectivity index (χ0n) is 10.6. The van der Waals surface area contributed by atoms with Crippen molar-refractivity contribution >= 4 is 11.6 Å². The number of carbonyl (C=O) groups excluding carboxylic acids is 1. The molecule has 1 aliphatic rings. The Balaban J connectivity index is 2.47. The fourth-order valence-electron chi connectivity index (χ4n) is 2.37. The number of amides is 1. The van der Waals surface area contributed by atoms with E-state index in [1.165, 1.54) is 6.07 Å². The first-order valence-corrected chi connectivity index (χ1v) is 6.11. The zero-order valence-corrected chi connectivity index (χ0v) is 10.6. The molecule has 17 heavy (non-hydrogen) atoms. The van der Waals surface area contributed by atoms with Crippen molar-refractivity contribution in [2.75, 3.05) is 11.4 Å². The van der Waals surface area contributed by atoms with E-state index in [1.807, 2.05) is 26.8 Å². The van der Waals surface area contributed by atoms with Crippen molar-refractivity contribution < 1.29 is 9.18 Å². The van der Waals surface area contributed by atoms with E-state index >= 15 is 0 Å². The third-order valence-electron chi connectivity index (χ3n) is 3.14. The van der Waals surface area contributed by atoms with Gasteiger partial charge in [-0.1, -0.05) is 19.9 Å². The second-order valence-electron chi connectivity index (χ2n) is 5.00. The van der Waals surface area contributed by atoms with Crippen LogP contribution in [-0.4, -0.2) is 12.5 Å². The summed E-state index contributed by atoms with van der Waals surface area (Å²) in [6.07, 6.45) is 1.77. The van der Waals surface area contributed by atoms with Crippen molar-refractivity contribution in [3.05, 3.63) is 29.1 Å². The van der Waals surface area contributed by atoms with E-state index in [0.29, 0.717) is 12.2 Å². The summed E-state index contributed by atoms with van der Waals surface area (Å²) in [5.74, 6) is -0.357. The lowest BCUT2D eigenvalue weighted by Crippen LogP contribution is -2.38. The lowest BCUT2D eigenvalue weighted by molar-refractivity contribution is -0.121. The maximum atomic E-state index is 14.0. The number of anilines is 1. The standard InChI is InChI=1S/C14H18FNO/c1-9(2)14(17)16-6-4-5-11-7-10(3)8-12(15)13(11)16/h7-9H,4-6H2,1-3H3. The minimum Gasteiger partial charge on any atom is -0.309 e. The molecule has 0 aliphatic carbocycles. The second-order valence-corrected chi connectivity index (χ2v) is 5.00. The molecule has 1 amide bonds. The van der Waals surface area contributed by atoms with Crippen LogP contribution in [0.2, 0.25) is 0 Å². The number of rotatable bonds is 1. The largest absolute Gasteiger partial charge is 0.309 e. The van der Waals surface area contributed by atoms with E-state index < -0.39 is 0 Å². The highest BCUT2D eigenvalue weighted by molar-refractivity contribution is 5.96. The van der Waals surface area contributed by atoms with Crippen LogP contribution in [0.3, 0.4) is 0 Å². The molecule has 0 unspecified atom stereocenters. The van der Waals surface area contributed by atoms with Gasteiger partial charge in [0, 0.05) is 12.5 Å². The maximum Gasteiger partial charge on any atom is 0.229 e. The molecule has 92 valence electrons. The molecule has 1 aromatic carbocycles. The van der Waals surface area contributed by atoms with Gasteiger partial charge in [-0.3, -0.25) is 4.79 Å². The first-order valence-electron chi connectivity index (χ1n) is 6.11. The van der Waals surface area contributed by atoms with Crippen LogP contribution in [0.25, 0.3) is 0 Å². The number of hydrogen-bond donors (Lipinski definition) is 0. The van der Waals surface area contributed by atoms with Gasteiger partial charge in [0.25, 0.3) is 0 Å². The molecule has 0 fully saturated rings. The normalized spacial score (nSPS) is 15.0. The molecule has 0 saturated heterocycles. The third-order valence-corrected chi connectivity index (χ3v) is 3.14. The Hall–Kier alpha value is -1.38. The van der Waals surface area contributed by atoms with Crippen molar-refractivity contribution in [3.8, 4) is 0 Å². The van der Waals surface area contributed by atoms with Crippen molar-refractivity contribution in [2.24, 2.45) is 5.92 Å². The number of carbonyl (C=O) groups is 1. The molecular formula is C14H18FNO. The van der Waals surface area contributed by atoms with Gasteiger partial charge < -0.3 is 4.90 Å². The summed E-state index contributed by atoms with van der Waals surface area (Å²) in [7, 11) is 0. The monoisotopic (exact) mass is 235 g/mol. The van der Waals surface area contributed by atoms with Gasteiger partial charge in [-0.25, -0.2) is 4.39 Å². The summed E-state index contributed by atoms with van der Waals surface area (Å²) in [5, 5.41) is 0. The minimum absolute atomic E-state index is 0.00806. The third kappa shape index (κ3) is 2.19. The smallest absolute Gasteiger partial charge is 0.229 e. The van der Waals surface area contributed by atoms with Gasteiger partial charge in [0.15, 0.2) is 0 Å². The topological polar surface area (TPSA) is 20.3 Å². The van der Waals surface area contributed by atoms with Crippen LogP contribution in [0.4, 0.5) is 10.1 Å². The van der Waals surface area contributed by atoms with E-state index in [-0.39, 0.29) is 17.6 Å². The molecule has 2 rings (SSSR count). The maximum absolute atomic E-state index is 14.0. The van der Waals surface area contributed by atoms with Gasteiger partial charge in [-0.05, 0) is 37.0 Å². The first kappa shape index (κ1) is 12.1. The molecule has 1 aliphatic heterocycles. The van der Waals surface area contributed by atoms with E-state index in [0.717, 1.165) is 24.0 Å². The van der Waals surface area contributed by atoms with Gasteiger partial charge in [0.2, 0.25) is 5.91 Å². The zero-order chi connectivity index (χ0) is 12.6. The highest BCUT2D eigenvalue weighted by Gasteiger charge is 2.27. The number of hydrogen-bond acceptors (Lipinski definition) is 1. The SMILES string of the molecule is Cc1cc(F)c2c(c1)CCCN2C(=O)C(C)C. The lowest BCUT2D eigenvalue weighted by Gasteiger charge is -2.31. The molecule has 2 nitrogen and oxygen atoms in total. The molecule has 0 spiro atoms. The first-order chi connectivity index (χ1) is 8.00. The fourth-order valence-corrected chi connectivity index (χ4v) is 2.37. The van der Waals surface area contributed by atoms with Crippen LogP contribution < -0.4 is 4.90 Å². The lowest BCUT2D eigenvalue weighted by atomic mass is 9.98. The van der Waals surface area contributed by atoms with Crippen LogP contribution in [0.5, 0.6) is 0 Å². The number of fused-ring (bicyclic) bond motifs is 1. The Bertz CT molecular complexity index is 454. The van der Waals surface area contributed by atoms with E-state index in [9.17, 15) is 9.18 Å². The van der Waals surface area contributed by atoms with Crippen molar-refractivity contribution in [3.63, 3.8) is 0 Å². The van der Waals surface area contributed by atoms with Crippen LogP contribution in [0.15, 0.2) is 12.1 Å². The van der Waals surface area contributed by atoms with E-state index in [2.05, 4.69) is 0 Å². The van der Waals surface area contributed by atoms with E-state index in [1.54, 1.807) is 4.90 Å². The summed E-state index contributed by atoms with van der Waals surface area (Å²) in [4.78, 5) is 13.7. The molecule has 0 bridgehead atoms. The van der Waals surface area contributed by atoms with Crippen molar-refractivity contribution in [2.45, 2.75) is 33.6 Å². The highest BCUT2D eigenvalue weighted by atomic mass is 19.1. The van der Waals surface area contributed by atoms with Gasteiger partial charge in [0.05, 0.1) is 5.69 Å². The van der Waals surface area contributed by atoms with Gasteiger partial charge in [-0.2, -0.15) is 0 Å².